The topological polar surface area (TPSA) is 76.5 Å². The quantitative estimate of drug-likeness (QED) is 0.531. The van der Waals surface area contributed by atoms with Crippen molar-refractivity contribution in [2.24, 2.45) is 0 Å². The Hall–Kier alpha value is -3.62. The Morgan fingerprint density at radius 2 is 2.06 bits per heavy atom. The maximum Gasteiger partial charge on any atom is 0.263 e. The number of benzene rings is 2. The van der Waals surface area contributed by atoms with Gasteiger partial charge in [-0.15, -0.1) is 0 Å². The van der Waals surface area contributed by atoms with Crippen LogP contribution in [0.3, 0.4) is 0 Å². The fourth-order valence-electron chi connectivity index (χ4n) is 4.35. The van der Waals surface area contributed by atoms with Gasteiger partial charge in [-0.2, -0.15) is 0 Å². The van der Waals surface area contributed by atoms with Gasteiger partial charge in [-0.3, -0.25) is 9.20 Å². The molecule has 31 heavy (non-hydrogen) atoms. The number of imidazole rings is 1. The van der Waals surface area contributed by atoms with Gasteiger partial charge in [-0.25, -0.2) is 23.1 Å². The van der Waals surface area contributed by atoms with Crippen molar-refractivity contribution in [2.45, 2.75) is 25.3 Å². The number of anilines is 1. The van der Waals surface area contributed by atoms with Crippen molar-refractivity contribution in [2.75, 3.05) is 12.8 Å². The molecular weight excluding hydrogens is 407 g/mol. The highest BCUT2D eigenvalue weighted by molar-refractivity contribution is 5.98. The van der Waals surface area contributed by atoms with Gasteiger partial charge >= 0.3 is 0 Å². The summed E-state index contributed by atoms with van der Waals surface area (Å²) in [5, 5.41) is 0. The molecule has 0 spiro atoms. The van der Waals surface area contributed by atoms with Gasteiger partial charge in [0.15, 0.2) is 0 Å². The predicted molar refractivity (Wildman–Crippen MR) is 109 cm³/mol. The lowest BCUT2D eigenvalue weighted by molar-refractivity contribution is 0.0726. The average Bonchev–Trinajstić information content (AvgIpc) is 3.39. The SMILES string of the molecule is CN(C(=O)c1cc2c(cc1F)nc(N)c1cncn12)[C@@H]1CCc2cc(C(F)F)ccc21. The predicted octanol–water partition coefficient (Wildman–Crippen LogP) is 4.30. The second-order valence-electron chi connectivity index (χ2n) is 7.70. The highest BCUT2D eigenvalue weighted by atomic mass is 19.3. The van der Waals surface area contributed by atoms with Gasteiger partial charge < -0.3 is 10.6 Å². The molecule has 1 atom stereocenters. The van der Waals surface area contributed by atoms with Crippen molar-refractivity contribution in [3.8, 4) is 0 Å². The zero-order valence-electron chi connectivity index (χ0n) is 16.5. The molecule has 0 unspecified atom stereocenters. The first-order chi connectivity index (χ1) is 14.8. The number of carbonyl (C=O) groups excluding carboxylic acids is 1. The van der Waals surface area contributed by atoms with Crippen molar-refractivity contribution < 1.29 is 18.0 Å². The van der Waals surface area contributed by atoms with Crippen LogP contribution in [0, 0.1) is 5.82 Å². The van der Waals surface area contributed by atoms with Gasteiger partial charge in [0.05, 0.1) is 35.2 Å². The van der Waals surface area contributed by atoms with E-state index in [9.17, 15) is 18.0 Å². The third-order valence-corrected chi connectivity index (χ3v) is 5.95. The van der Waals surface area contributed by atoms with Gasteiger partial charge in [0.1, 0.15) is 17.2 Å². The van der Waals surface area contributed by atoms with Crippen LogP contribution in [-0.2, 0) is 6.42 Å². The molecule has 1 aliphatic rings. The van der Waals surface area contributed by atoms with Gasteiger partial charge in [-0.05, 0) is 36.1 Å². The number of fused-ring (bicyclic) bond motifs is 4. The smallest absolute Gasteiger partial charge is 0.263 e. The summed E-state index contributed by atoms with van der Waals surface area (Å²) in [7, 11) is 1.60. The van der Waals surface area contributed by atoms with Crippen LogP contribution in [0.25, 0.3) is 16.6 Å². The first-order valence-corrected chi connectivity index (χ1v) is 9.74. The van der Waals surface area contributed by atoms with Crippen LogP contribution in [0.5, 0.6) is 0 Å². The Kier molecular flexibility index (Phi) is 4.35. The number of halogens is 3. The lowest BCUT2D eigenvalue weighted by atomic mass is 10.0. The lowest BCUT2D eigenvalue weighted by Crippen LogP contribution is -2.30. The van der Waals surface area contributed by atoms with E-state index in [-0.39, 0.29) is 23.0 Å². The van der Waals surface area contributed by atoms with E-state index in [2.05, 4.69) is 9.97 Å². The number of aromatic nitrogens is 3. The summed E-state index contributed by atoms with van der Waals surface area (Å²) in [5.41, 5.74) is 8.75. The summed E-state index contributed by atoms with van der Waals surface area (Å²) in [6.07, 6.45) is 1.69. The number of alkyl halides is 2. The van der Waals surface area contributed by atoms with E-state index >= 15 is 0 Å². The highest BCUT2D eigenvalue weighted by Gasteiger charge is 2.31. The minimum atomic E-state index is -2.54. The molecule has 2 aromatic heterocycles. The molecule has 0 aliphatic heterocycles. The molecule has 0 fully saturated rings. The second-order valence-corrected chi connectivity index (χ2v) is 7.70. The minimum absolute atomic E-state index is 0.0370. The van der Waals surface area contributed by atoms with Crippen molar-refractivity contribution >= 4 is 28.3 Å². The van der Waals surface area contributed by atoms with Gasteiger partial charge in [0, 0.05) is 18.7 Å². The van der Waals surface area contributed by atoms with Gasteiger partial charge in [0.2, 0.25) is 0 Å². The number of nitrogen functional groups attached to an aromatic ring is 1. The molecule has 1 amide bonds. The van der Waals surface area contributed by atoms with Gasteiger partial charge in [0.25, 0.3) is 12.3 Å². The summed E-state index contributed by atoms with van der Waals surface area (Å²) in [6, 6.07) is 6.81. The zero-order chi connectivity index (χ0) is 21.9. The molecule has 2 N–H and O–H groups in total. The van der Waals surface area contributed by atoms with Gasteiger partial charge in [-0.1, -0.05) is 12.1 Å². The first-order valence-electron chi connectivity index (χ1n) is 9.74. The molecule has 0 radical (unpaired) electrons. The zero-order valence-corrected chi connectivity index (χ0v) is 16.5. The largest absolute Gasteiger partial charge is 0.382 e. The van der Waals surface area contributed by atoms with E-state index < -0.39 is 18.1 Å². The Morgan fingerprint density at radius 1 is 1.26 bits per heavy atom. The molecule has 4 aromatic rings. The molecule has 6 nitrogen and oxygen atoms in total. The normalized spacial score (nSPS) is 15.7. The summed E-state index contributed by atoms with van der Waals surface area (Å²) in [5.74, 6) is -0.992. The minimum Gasteiger partial charge on any atom is -0.382 e. The number of hydrogen-bond donors (Lipinski definition) is 1. The van der Waals surface area contributed by atoms with Crippen molar-refractivity contribution in [1.29, 1.82) is 0 Å². The van der Waals surface area contributed by atoms with Crippen molar-refractivity contribution in [3.63, 3.8) is 0 Å². The Balaban J connectivity index is 1.53. The van der Waals surface area contributed by atoms with Crippen LogP contribution < -0.4 is 5.73 Å². The number of amides is 1. The van der Waals surface area contributed by atoms with E-state index in [1.165, 1.54) is 35.5 Å². The van der Waals surface area contributed by atoms with Crippen LogP contribution in [0.1, 0.15) is 45.9 Å². The molecule has 0 bridgehead atoms. The molecular formula is C22H18F3N5O. The number of nitrogens with two attached hydrogens (primary N) is 1. The molecule has 2 aromatic carbocycles. The fourth-order valence-corrected chi connectivity index (χ4v) is 4.35. The Labute approximate surface area is 175 Å². The lowest BCUT2D eigenvalue weighted by Gasteiger charge is -2.26. The van der Waals surface area contributed by atoms with E-state index in [1.807, 2.05) is 0 Å². The van der Waals surface area contributed by atoms with Crippen molar-refractivity contribution in [3.05, 3.63) is 70.9 Å². The molecule has 0 saturated carbocycles. The summed E-state index contributed by atoms with van der Waals surface area (Å²) in [4.78, 5) is 22.9. The molecule has 5 rings (SSSR count). The second kappa shape index (κ2) is 6.97. The number of aryl methyl sites for hydroxylation is 1. The molecule has 158 valence electrons. The van der Waals surface area contributed by atoms with E-state index in [0.29, 0.717) is 29.4 Å². The van der Waals surface area contributed by atoms with E-state index in [4.69, 9.17) is 5.73 Å². The Bertz CT molecular complexity index is 1350. The van der Waals surface area contributed by atoms with Crippen molar-refractivity contribution in [1.82, 2.24) is 19.3 Å². The summed E-state index contributed by atoms with van der Waals surface area (Å²) in [6.45, 7) is 0. The third kappa shape index (κ3) is 2.99. The molecule has 9 heteroatoms. The summed E-state index contributed by atoms with van der Waals surface area (Å²) < 4.78 is 42.5. The molecule has 2 heterocycles. The highest BCUT2D eigenvalue weighted by Crippen LogP contribution is 2.38. The van der Waals surface area contributed by atoms with Crippen LogP contribution in [0.4, 0.5) is 19.0 Å². The Morgan fingerprint density at radius 3 is 2.84 bits per heavy atom. The molecule has 1 aliphatic carbocycles. The number of rotatable bonds is 3. The first kappa shape index (κ1) is 19.3. The fraction of sp³-hybridized carbons (Fsp3) is 0.227. The molecule has 0 saturated heterocycles. The maximum absolute atomic E-state index is 14.9. The standard InChI is InChI=1S/C22H18F3N5O/c1-29(17-5-3-11-6-12(20(24)25)2-4-13(11)17)22(31)14-7-18-16(8-15(14)23)28-21(26)19-9-27-10-30(18)19/h2,4,6-10,17,20H,3,5H2,1H3,(H2,26,28)/t17-/m1/s1. The maximum atomic E-state index is 14.9. The number of hydrogen-bond acceptors (Lipinski definition) is 4. The summed E-state index contributed by atoms with van der Waals surface area (Å²) >= 11 is 0. The van der Waals surface area contributed by atoms with E-state index in [1.54, 1.807) is 23.7 Å². The third-order valence-electron chi connectivity index (χ3n) is 5.95. The monoisotopic (exact) mass is 425 g/mol. The van der Waals surface area contributed by atoms with Crippen LogP contribution in [0.2, 0.25) is 0 Å². The van der Waals surface area contributed by atoms with Crippen LogP contribution >= 0.6 is 0 Å². The number of carbonyl (C=O) groups is 1. The van der Waals surface area contributed by atoms with Crippen LogP contribution in [-0.4, -0.2) is 32.2 Å². The number of nitrogens with zero attached hydrogens (tertiary/aromatic N) is 4. The van der Waals surface area contributed by atoms with Crippen LogP contribution in [0.15, 0.2) is 42.9 Å². The average molecular weight is 425 g/mol. The van der Waals surface area contributed by atoms with E-state index in [0.717, 1.165) is 11.1 Å².